The molecule has 2 heterocycles. The van der Waals surface area contributed by atoms with Crippen LogP contribution >= 0.6 is 0 Å². The Morgan fingerprint density at radius 2 is 2.00 bits per heavy atom. The Kier molecular flexibility index (Phi) is 4.68. The Morgan fingerprint density at radius 1 is 1.26 bits per heavy atom. The SMILES string of the molecule is Cc1noc2nc(-c3ccccc3)cc(C(=O)N(CCC(C)C)C3CC3)c12. The zero-order valence-electron chi connectivity index (χ0n) is 16.1. The van der Waals surface area contributed by atoms with Crippen molar-refractivity contribution in [3.8, 4) is 11.3 Å². The first-order valence-electron chi connectivity index (χ1n) is 9.68. The van der Waals surface area contributed by atoms with Crippen LogP contribution in [0.4, 0.5) is 0 Å². The van der Waals surface area contributed by atoms with Crippen molar-refractivity contribution in [2.24, 2.45) is 5.92 Å². The van der Waals surface area contributed by atoms with E-state index in [0.717, 1.165) is 42.5 Å². The summed E-state index contributed by atoms with van der Waals surface area (Å²) in [6.45, 7) is 7.04. The lowest BCUT2D eigenvalue weighted by Gasteiger charge is -2.24. The van der Waals surface area contributed by atoms with Crippen LogP contribution in [0.3, 0.4) is 0 Å². The molecule has 2 aromatic heterocycles. The van der Waals surface area contributed by atoms with E-state index in [9.17, 15) is 4.79 Å². The van der Waals surface area contributed by atoms with E-state index in [1.165, 1.54) is 0 Å². The molecule has 140 valence electrons. The van der Waals surface area contributed by atoms with E-state index in [4.69, 9.17) is 4.52 Å². The number of pyridine rings is 1. The molecule has 4 rings (SSSR count). The first kappa shape index (κ1) is 17.7. The van der Waals surface area contributed by atoms with E-state index >= 15 is 0 Å². The zero-order chi connectivity index (χ0) is 19.0. The lowest BCUT2D eigenvalue weighted by Crippen LogP contribution is -2.34. The average Bonchev–Trinajstić information content (AvgIpc) is 3.44. The molecule has 1 amide bonds. The number of aryl methyl sites for hydroxylation is 1. The summed E-state index contributed by atoms with van der Waals surface area (Å²) in [4.78, 5) is 20.2. The molecule has 0 unspecified atom stereocenters. The number of carbonyl (C=O) groups excluding carboxylic acids is 1. The molecule has 0 aliphatic heterocycles. The van der Waals surface area contributed by atoms with E-state index in [1.54, 1.807) is 0 Å². The Morgan fingerprint density at radius 3 is 2.67 bits per heavy atom. The lowest BCUT2D eigenvalue weighted by molar-refractivity contribution is 0.0737. The molecule has 0 N–H and O–H groups in total. The van der Waals surface area contributed by atoms with Gasteiger partial charge in [0.2, 0.25) is 0 Å². The van der Waals surface area contributed by atoms with E-state index in [-0.39, 0.29) is 5.91 Å². The van der Waals surface area contributed by atoms with Gasteiger partial charge in [0, 0.05) is 18.2 Å². The highest BCUT2D eigenvalue weighted by molar-refractivity contribution is 6.07. The first-order valence-corrected chi connectivity index (χ1v) is 9.68. The van der Waals surface area contributed by atoms with Crippen LogP contribution in [0.15, 0.2) is 40.9 Å². The highest BCUT2D eigenvalue weighted by Crippen LogP contribution is 2.32. The van der Waals surface area contributed by atoms with Gasteiger partial charge in [0.1, 0.15) is 0 Å². The topological polar surface area (TPSA) is 59.2 Å². The number of hydrogen-bond donors (Lipinski definition) is 0. The molecule has 5 heteroatoms. The molecule has 1 fully saturated rings. The third kappa shape index (κ3) is 3.59. The molecule has 1 saturated carbocycles. The molecule has 3 aromatic rings. The van der Waals surface area contributed by atoms with Crippen molar-refractivity contribution < 1.29 is 9.32 Å². The maximum atomic E-state index is 13.5. The number of aromatic nitrogens is 2. The minimum Gasteiger partial charge on any atom is -0.336 e. The van der Waals surface area contributed by atoms with E-state index in [1.807, 2.05) is 48.2 Å². The van der Waals surface area contributed by atoms with Gasteiger partial charge in [-0.3, -0.25) is 4.79 Å². The van der Waals surface area contributed by atoms with E-state index < -0.39 is 0 Å². The monoisotopic (exact) mass is 363 g/mol. The molecule has 27 heavy (non-hydrogen) atoms. The minimum absolute atomic E-state index is 0.0639. The van der Waals surface area contributed by atoms with Gasteiger partial charge in [-0.25, -0.2) is 4.98 Å². The van der Waals surface area contributed by atoms with Gasteiger partial charge in [0.25, 0.3) is 11.6 Å². The van der Waals surface area contributed by atoms with Crippen LogP contribution in [0, 0.1) is 12.8 Å². The molecule has 5 nitrogen and oxygen atoms in total. The highest BCUT2D eigenvalue weighted by Gasteiger charge is 2.34. The van der Waals surface area contributed by atoms with Crippen LogP contribution in [-0.4, -0.2) is 33.5 Å². The zero-order valence-corrected chi connectivity index (χ0v) is 16.1. The summed E-state index contributed by atoms with van der Waals surface area (Å²) in [7, 11) is 0. The smallest absolute Gasteiger partial charge is 0.259 e. The van der Waals surface area contributed by atoms with E-state index in [0.29, 0.717) is 28.9 Å². The Bertz CT molecular complexity index is 958. The predicted molar refractivity (Wildman–Crippen MR) is 105 cm³/mol. The van der Waals surface area contributed by atoms with Crippen LogP contribution in [0.5, 0.6) is 0 Å². The second-order valence-electron chi connectivity index (χ2n) is 7.78. The standard InChI is InChI=1S/C22H25N3O2/c1-14(2)11-12-25(17-9-10-17)22(26)18-13-19(16-7-5-4-6-8-16)23-21-20(18)15(3)24-27-21/h4-8,13-14,17H,9-12H2,1-3H3. The number of carbonyl (C=O) groups is 1. The first-order chi connectivity index (χ1) is 13.0. The van der Waals surface area contributed by atoms with Crippen LogP contribution in [0.1, 0.15) is 49.2 Å². The van der Waals surface area contributed by atoms with Gasteiger partial charge in [0.15, 0.2) is 0 Å². The van der Waals surface area contributed by atoms with Crippen molar-refractivity contribution >= 4 is 17.0 Å². The molecule has 0 bridgehead atoms. The summed E-state index contributed by atoms with van der Waals surface area (Å²) in [5.41, 5.74) is 3.48. The molecule has 0 radical (unpaired) electrons. The average molecular weight is 363 g/mol. The molecular weight excluding hydrogens is 338 g/mol. The second kappa shape index (κ2) is 7.14. The van der Waals surface area contributed by atoms with Gasteiger partial charge in [-0.1, -0.05) is 49.3 Å². The van der Waals surface area contributed by atoms with Gasteiger partial charge in [-0.05, 0) is 38.2 Å². The molecular formula is C22H25N3O2. The fourth-order valence-electron chi connectivity index (χ4n) is 3.41. The molecule has 1 aliphatic carbocycles. The number of benzene rings is 1. The number of hydrogen-bond acceptors (Lipinski definition) is 4. The third-order valence-corrected chi connectivity index (χ3v) is 5.11. The largest absolute Gasteiger partial charge is 0.336 e. The molecule has 0 spiro atoms. The molecule has 0 saturated heterocycles. The Hall–Kier alpha value is -2.69. The summed E-state index contributed by atoms with van der Waals surface area (Å²) in [5.74, 6) is 0.628. The van der Waals surface area contributed by atoms with Crippen LogP contribution in [0.2, 0.25) is 0 Å². The lowest BCUT2D eigenvalue weighted by atomic mass is 10.0. The third-order valence-electron chi connectivity index (χ3n) is 5.11. The van der Waals surface area contributed by atoms with Gasteiger partial charge < -0.3 is 9.42 Å². The van der Waals surface area contributed by atoms with Crippen LogP contribution < -0.4 is 0 Å². The summed E-state index contributed by atoms with van der Waals surface area (Å²) in [6, 6.07) is 12.1. The van der Waals surface area contributed by atoms with Crippen LogP contribution in [0.25, 0.3) is 22.4 Å². The van der Waals surface area contributed by atoms with Crippen molar-refractivity contribution in [3.63, 3.8) is 0 Å². The van der Waals surface area contributed by atoms with Crippen molar-refractivity contribution in [2.45, 2.75) is 46.1 Å². The minimum atomic E-state index is 0.0639. The highest BCUT2D eigenvalue weighted by atomic mass is 16.5. The van der Waals surface area contributed by atoms with Gasteiger partial charge in [-0.2, -0.15) is 0 Å². The number of amides is 1. The fraction of sp³-hybridized carbons (Fsp3) is 0.409. The Balaban J connectivity index is 1.79. The van der Waals surface area contributed by atoms with Gasteiger partial charge >= 0.3 is 0 Å². The number of nitrogens with zero attached hydrogens (tertiary/aromatic N) is 3. The molecule has 1 aliphatic rings. The maximum Gasteiger partial charge on any atom is 0.259 e. The second-order valence-corrected chi connectivity index (χ2v) is 7.78. The molecule has 1 aromatic carbocycles. The quantitative estimate of drug-likeness (QED) is 0.628. The van der Waals surface area contributed by atoms with Crippen molar-refractivity contribution in [2.75, 3.05) is 6.54 Å². The van der Waals surface area contributed by atoms with Gasteiger partial charge in [-0.15, -0.1) is 0 Å². The van der Waals surface area contributed by atoms with Crippen molar-refractivity contribution in [3.05, 3.63) is 47.7 Å². The fourth-order valence-corrected chi connectivity index (χ4v) is 3.41. The summed E-state index contributed by atoms with van der Waals surface area (Å²) >= 11 is 0. The normalized spacial score (nSPS) is 14.1. The summed E-state index contributed by atoms with van der Waals surface area (Å²) in [6.07, 6.45) is 3.18. The van der Waals surface area contributed by atoms with E-state index in [2.05, 4.69) is 24.0 Å². The van der Waals surface area contributed by atoms with Crippen LogP contribution in [-0.2, 0) is 0 Å². The summed E-state index contributed by atoms with van der Waals surface area (Å²) in [5, 5.41) is 4.79. The molecule has 0 atom stereocenters. The predicted octanol–water partition coefficient (Wildman–Crippen LogP) is 4.85. The van der Waals surface area contributed by atoms with Crippen molar-refractivity contribution in [1.82, 2.24) is 15.0 Å². The Labute approximate surface area is 159 Å². The van der Waals surface area contributed by atoms with Crippen molar-refractivity contribution in [1.29, 1.82) is 0 Å². The number of fused-ring (bicyclic) bond motifs is 1. The van der Waals surface area contributed by atoms with Gasteiger partial charge in [0.05, 0.1) is 22.3 Å². The summed E-state index contributed by atoms with van der Waals surface area (Å²) < 4.78 is 5.42. The number of rotatable bonds is 6. The maximum absolute atomic E-state index is 13.5.